The van der Waals surface area contributed by atoms with Crippen molar-refractivity contribution in [2.75, 3.05) is 13.7 Å². The molecule has 0 saturated heterocycles. The van der Waals surface area contributed by atoms with Gasteiger partial charge in [-0.1, -0.05) is 28.1 Å². The van der Waals surface area contributed by atoms with Gasteiger partial charge >= 0.3 is 12.1 Å². The van der Waals surface area contributed by atoms with Crippen LogP contribution in [0.25, 0.3) is 5.69 Å². The molecule has 11 heteroatoms. The van der Waals surface area contributed by atoms with Gasteiger partial charge < -0.3 is 14.2 Å². The van der Waals surface area contributed by atoms with Gasteiger partial charge in [-0.25, -0.2) is 0 Å². The molecule has 0 aliphatic carbocycles. The minimum atomic E-state index is -4.78. The SMILES string of the molecule is CCOC(=O)C[C@H]1O[C@@H](c2cccc(OC)c2C)c2cc(Br)ccc2-n2c1nnc2C(F)(F)F. The van der Waals surface area contributed by atoms with Crippen molar-refractivity contribution in [1.29, 1.82) is 0 Å². The Kier molecular flexibility index (Phi) is 6.68. The summed E-state index contributed by atoms with van der Waals surface area (Å²) in [5.41, 5.74) is 2.09. The third kappa shape index (κ3) is 4.41. The maximum absolute atomic E-state index is 13.9. The number of fused-ring (bicyclic) bond motifs is 3. The summed E-state index contributed by atoms with van der Waals surface area (Å²) in [7, 11) is 1.53. The van der Waals surface area contributed by atoms with E-state index in [0.29, 0.717) is 21.3 Å². The van der Waals surface area contributed by atoms with Crippen LogP contribution in [0, 0.1) is 6.92 Å². The molecular formula is C23H21BrF3N3O4. The second-order valence-electron chi connectivity index (χ2n) is 7.61. The normalized spacial score (nSPS) is 17.5. The Balaban J connectivity index is 1.98. The Labute approximate surface area is 202 Å². The van der Waals surface area contributed by atoms with Crippen molar-refractivity contribution in [3.63, 3.8) is 0 Å². The van der Waals surface area contributed by atoms with Crippen LogP contribution in [0.1, 0.15) is 53.9 Å². The van der Waals surface area contributed by atoms with Crippen LogP contribution in [-0.4, -0.2) is 34.5 Å². The lowest BCUT2D eigenvalue weighted by molar-refractivity contribution is -0.147. The second-order valence-corrected chi connectivity index (χ2v) is 8.52. The average molecular weight is 540 g/mol. The van der Waals surface area contributed by atoms with Gasteiger partial charge in [0.1, 0.15) is 18.0 Å². The fraction of sp³-hybridized carbons (Fsp3) is 0.348. The molecule has 1 aliphatic heterocycles. The lowest BCUT2D eigenvalue weighted by Gasteiger charge is -2.24. The van der Waals surface area contributed by atoms with Gasteiger partial charge in [-0.2, -0.15) is 13.2 Å². The first-order chi connectivity index (χ1) is 16.2. The molecule has 7 nitrogen and oxygen atoms in total. The Bertz CT molecular complexity index is 1230. The van der Waals surface area contributed by atoms with E-state index in [0.717, 1.165) is 10.1 Å². The number of aromatic nitrogens is 3. The number of hydrogen-bond donors (Lipinski definition) is 0. The average Bonchev–Trinajstić information content (AvgIpc) is 3.18. The van der Waals surface area contributed by atoms with E-state index in [1.54, 1.807) is 37.3 Å². The van der Waals surface area contributed by atoms with Crippen LogP contribution in [-0.2, 0) is 20.4 Å². The van der Waals surface area contributed by atoms with Crippen LogP contribution in [0.3, 0.4) is 0 Å². The number of methoxy groups -OCH3 is 1. The van der Waals surface area contributed by atoms with E-state index in [1.807, 2.05) is 13.0 Å². The lowest BCUT2D eigenvalue weighted by Crippen LogP contribution is -2.18. The van der Waals surface area contributed by atoms with Crippen LogP contribution in [0.15, 0.2) is 40.9 Å². The molecule has 3 aromatic rings. The molecule has 0 radical (unpaired) electrons. The summed E-state index contributed by atoms with van der Waals surface area (Å²) in [6.07, 6.45) is -7.09. The van der Waals surface area contributed by atoms with E-state index in [1.165, 1.54) is 7.11 Å². The van der Waals surface area contributed by atoms with Crippen molar-refractivity contribution in [3.05, 3.63) is 69.2 Å². The number of rotatable bonds is 5. The molecule has 2 heterocycles. The van der Waals surface area contributed by atoms with E-state index >= 15 is 0 Å². The molecular weight excluding hydrogens is 519 g/mol. The minimum absolute atomic E-state index is 0.123. The monoisotopic (exact) mass is 539 g/mol. The largest absolute Gasteiger partial charge is 0.496 e. The first-order valence-corrected chi connectivity index (χ1v) is 11.2. The summed E-state index contributed by atoms with van der Waals surface area (Å²) >= 11 is 3.41. The van der Waals surface area contributed by atoms with Gasteiger partial charge in [0.15, 0.2) is 5.82 Å². The molecule has 0 saturated carbocycles. The molecule has 0 unspecified atom stereocenters. The highest BCUT2D eigenvalue weighted by Gasteiger charge is 2.43. The molecule has 0 bridgehead atoms. The molecule has 0 N–H and O–H groups in total. The second kappa shape index (κ2) is 9.38. The molecule has 2 aromatic carbocycles. The van der Waals surface area contributed by atoms with Crippen LogP contribution >= 0.6 is 15.9 Å². The number of alkyl halides is 3. The van der Waals surface area contributed by atoms with Gasteiger partial charge in [0.05, 0.1) is 25.8 Å². The Morgan fingerprint density at radius 1 is 1.21 bits per heavy atom. The van der Waals surface area contributed by atoms with Crippen LogP contribution < -0.4 is 4.74 Å². The molecule has 1 aromatic heterocycles. The van der Waals surface area contributed by atoms with E-state index in [2.05, 4.69) is 26.1 Å². The number of halogens is 4. The predicted octanol–water partition coefficient (Wildman–Crippen LogP) is 5.48. The zero-order chi connectivity index (χ0) is 24.6. The van der Waals surface area contributed by atoms with Crippen molar-refractivity contribution in [2.24, 2.45) is 0 Å². The van der Waals surface area contributed by atoms with Crippen LogP contribution in [0.4, 0.5) is 13.2 Å². The Morgan fingerprint density at radius 3 is 2.65 bits per heavy atom. The maximum atomic E-state index is 13.9. The molecule has 0 fully saturated rings. The van der Waals surface area contributed by atoms with E-state index in [4.69, 9.17) is 14.2 Å². The van der Waals surface area contributed by atoms with Gasteiger partial charge in [0.2, 0.25) is 5.82 Å². The predicted molar refractivity (Wildman–Crippen MR) is 119 cm³/mol. The van der Waals surface area contributed by atoms with Crippen LogP contribution in [0.2, 0.25) is 0 Å². The fourth-order valence-corrected chi connectivity index (χ4v) is 4.43. The van der Waals surface area contributed by atoms with Gasteiger partial charge in [0, 0.05) is 10.0 Å². The molecule has 34 heavy (non-hydrogen) atoms. The summed E-state index contributed by atoms with van der Waals surface area (Å²) < 4.78 is 60.2. The maximum Gasteiger partial charge on any atom is 0.452 e. The summed E-state index contributed by atoms with van der Waals surface area (Å²) in [5.74, 6) is -1.36. The van der Waals surface area contributed by atoms with Gasteiger partial charge in [-0.3, -0.25) is 9.36 Å². The molecule has 0 amide bonds. The number of esters is 1. The van der Waals surface area contributed by atoms with Crippen molar-refractivity contribution < 1.29 is 32.2 Å². The Hall–Kier alpha value is -2.92. The topological polar surface area (TPSA) is 75.5 Å². The van der Waals surface area contributed by atoms with Crippen molar-refractivity contribution in [3.8, 4) is 11.4 Å². The van der Waals surface area contributed by atoms with Gasteiger partial charge in [-0.15, -0.1) is 10.2 Å². The van der Waals surface area contributed by atoms with E-state index < -0.39 is 30.2 Å². The number of carbonyl (C=O) groups excluding carboxylic acids is 1. The van der Waals surface area contributed by atoms with E-state index in [9.17, 15) is 18.0 Å². The summed E-state index contributed by atoms with van der Waals surface area (Å²) in [6.45, 7) is 3.60. The van der Waals surface area contributed by atoms with E-state index in [-0.39, 0.29) is 24.5 Å². The number of carbonyl (C=O) groups is 1. The van der Waals surface area contributed by atoms with Crippen LogP contribution in [0.5, 0.6) is 5.75 Å². The number of hydrogen-bond acceptors (Lipinski definition) is 6. The number of benzene rings is 2. The molecule has 1 aliphatic rings. The molecule has 2 atom stereocenters. The third-order valence-corrected chi connectivity index (χ3v) is 6.02. The standard InChI is InChI=1S/C23H21BrF3N3O4/c1-4-33-19(31)11-18-21-28-29-22(23(25,26)27)30(21)16-9-8-13(24)10-15(16)20(34-18)14-6-5-7-17(32-3)12(14)2/h5-10,18,20H,4,11H2,1-3H3/t18-,20+/m1/s1. The quantitative estimate of drug-likeness (QED) is 0.399. The number of ether oxygens (including phenoxy) is 3. The van der Waals surface area contributed by atoms with Gasteiger partial charge in [0.25, 0.3) is 0 Å². The Morgan fingerprint density at radius 2 is 1.97 bits per heavy atom. The summed E-state index contributed by atoms with van der Waals surface area (Å²) in [5, 5.41) is 7.21. The highest BCUT2D eigenvalue weighted by Crippen LogP contribution is 2.45. The minimum Gasteiger partial charge on any atom is -0.496 e. The fourth-order valence-electron chi connectivity index (χ4n) is 4.05. The smallest absolute Gasteiger partial charge is 0.452 e. The first kappa shape index (κ1) is 24.2. The zero-order valence-electron chi connectivity index (χ0n) is 18.5. The highest BCUT2D eigenvalue weighted by atomic mass is 79.9. The summed E-state index contributed by atoms with van der Waals surface area (Å²) in [6, 6.07) is 10.2. The first-order valence-electron chi connectivity index (χ1n) is 10.4. The van der Waals surface area contributed by atoms with Gasteiger partial charge in [-0.05, 0) is 49.2 Å². The molecule has 4 rings (SSSR count). The summed E-state index contributed by atoms with van der Waals surface area (Å²) in [4.78, 5) is 12.4. The van der Waals surface area contributed by atoms with Crippen molar-refractivity contribution >= 4 is 21.9 Å². The zero-order valence-corrected chi connectivity index (χ0v) is 20.1. The highest BCUT2D eigenvalue weighted by molar-refractivity contribution is 9.10. The third-order valence-electron chi connectivity index (χ3n) is 5.53. The number of nitrogens with zero attached hydrogens (tertiary/aromatic N) is 3. The molecule has 0 spiro atoms. The lowest BCUT2D eigenvalue weighted by atomic mass is 9.95. The van der Waals surface area contributed by atoms with Crippen molar-refractivity contribution in [1.82, 2.24) is 14.8 Å². The van der Waals surface area contributed by atoms with Crippen molar-refractivity contribution in [2.45, 2.75) is 38.7 Å². The molecule has 180 valence electrons.